The molecule has 1 unspecified atom stereocenters. The minimum atomic E-state index is -0.262. The highest BCUT2D eigenvalue weighted by atomic mass is 32.2. The number of imide groups is 1. The van der Waals surface area contributed by atoms with Crippen molar-refractivity contribution in [3.8, 4) is 17.4 Å². The van der Waals surface area contributed by atoms with E-state index < -0.39 is 0 Å². The molecule has 0 radical (unpaired) electrons. The molecule has 0 saturated carbocycles. The molecule has 3 amide bonds. The third kappa shape index (κ3) is 9.89. The Balaban J connectivity index is 0.000000491. The molecule has 10 nitrogen and oxygen atoms in total. The lowest BCUT2D eigenvalue weighted by Crippen LogP contribution is -2.24. The van der Waals surface area contributed by atoms with Crippen LogP contribution in [0, 0.1) is 6.92 Å². The summed E-state index contributed by atoms with van der Waals surface area (Å²) in [5.74, 6) is 2.35. The van der Waals surface area contributed by atoms with Crippen LogP contribution in [0.25, 0.3) is 11.7 Å². The smallest absolute Gasteiger partial charge is 0.286 e. The molecule has 0 bridgehead atoms. The summed E-state index contributed by atoms with van der Waals surface area (Å²) in [5, 5.41) is 1.80. The molecule has 4 rings (SSSR count). The minimum Gasteiger partial charge on any atom is -0.487 e. The van der Waals surface area contributed by atoms with Gasteiger partial charge < -0.3 is 19.3 Å². The average Bonchev–Trinajstić information content (AvgIpc) is 3.60. The summed E-state index contributed by atoms with van der Waals surface area (Å²) in [6.45, 7) is 9.08. The number of rotatable bonds is 8. The molecule has 1 aliphatic rings. The second-order valence-electron chi connectivity index (χ2n) is 7.98. The Kier molecular flexibility index (Phi) is 12.3. The van der Waals surface area contributed by atoms with Crippen LogP contribution in [-0.4, -0.2) is 33.1 Å². The van der Waals surface area contributed by atoms with Crippen LogP contribution in [0.15, 0.2) is 56.5 Å². The SMILES string of the molecule is CC.CC(=O)N=C(C)N.Cc1oc(-c2ccco2)nc1COc1ccc(CCCC2SC(=O)NC2=O)cc1. The fourth-order valence-corrected chi connectivity index (χ4v) is 4.16. The Morgan fingerprint density at radius 3 is 2.42 bits per heavy atom. The number of thioether (sulfide) groups is 1. The predicted molar refractivity (Wildman–Crippen MR) is 147 cm³/mol. The third-order valence-corrected chi connectivity index (χ3v) is 6.01. The largest absolute Gasteiger partial charge is 0.487 e. The second kappa shape index (κ2) is 15.4. The Morgan fingerprint density at radius 1 is 1.18 bits per heavy atom. The van der Waals surface area contributed by atoms with Crippen LogP contribution < -0.4 is 15.8 Å². The molecular weight excluding hydrogens is 508 g/mol. The van der Waals surface area contributed by atoms with E-state index in [0.717, 1.165) is 41.6 Å². The van der Waals surface area contributed by atoms with E-state index in [9.17, 15) is 14.4 Å². The summed E-state index contributed by atoms with van der Waals surface area (Å²) in [6.07, 6.45) is 3.94. The Bertz CT molecular complexity index is 1210. The van der Waals surface area contributed by atoms with Gasteiger partial charge in [-0.3, -0.25) is 19.7 Å². The third-order valence-electron chi connectivity index (χ3n) is 4.96. The number of nitrogens with zero attached hydrogens (tertiary/aromatic N) is 2. The molecule has 1 atom stereocenters. The summed E-state index contributed by atoms with van der Waals surface area (Å²) in [4.78, 5) is 40.5. The van der Waals surface area contributed by atoms with Crippen molar-refractivity contribution in [2.45, 2.75) is 65.7 Å². The highest BCUT2D eigenvalue weighted by Gasteiger charge is 2.30. The second-order valence-corrected chi connectivity index (χ2v) is 9.15. The fourth-order valence-electron chi connectivity index (χ4n) is 3.29. The number of nitrogens with one attached hydrogen (secondary N) is 1. The van der Waals surface area contributed by atoms with E-state index >= 15 is 0 Å². The molecule has 1 aliphatic heterocycles. The summed E-state index contributed by atoms with van der Waals surface area (Å²) in [6, 6.07) is 11.4. The van der Waals surface area contributed by atoms with Gasteiger partial charge in [0.1, 0.15) is 23.8 Å². The van der Waals surface area contributed by atoms with Crippen LogP contribution in [-0.2, 0) is 22.6 Å². The van der Waals surface area contributed by atoms with Gasteiger partial charge in [0.2, 0.25) is 11.8 Å². The van der Waals surface area contributed by atoms with Gasteiger partial charge in [0.15, 0.2) is 5.76 Å². The monoisotopic (exact) mass is 542 g/mol. The molecule has 1 fully saturated rings. The van der Waals surface area contributed by atoms with Crippen LogP contribution in [0.5, 0.6) is 5.75 Å². The minimum absolute atomic E-state index is 0.179. The van der Waals surface area contributed by atoms with Gasteiger partial charge in [0.05, 0.1) is 17.3 Å². The summed E-state index contributed by atoms with van der Waals surface area (Å²) < 4.78 is 16.8. The molecular formula is C27H34N4O6S. The lowest BCUT2D eigenvalue weighted by atomic mass is 10.1. The van der Waals surface area contributed by atoms with Crippen molar-refractivity contribution < 1.29 is 28.0 Å². The van der Waals surface area contributed by atoms with Gasteiger partial charge in [-0.1, -0.05) is 37.7 Å². The molecule has 204 valence electrons. The average molecular weight is 543 g/mol. The molecule has 38 heavy (non-hydrogen) atoms. The molecule has 1 saturated heterocycles. The van der Waals surface area contributed by atoms with Crippen molar-refractivity contribution in [1.29, 1.82) is 0 Å². The predicted octanol–water partition coefficient (Wildman–Crippen LogP) is 5.43. The van der Waals surface area contributed by atoms with Gasteiger partial charge in [-0.15, -0.1) is 0 Å². The molecule has 3 N–H and O–H groups in total. The highest BCUT2D eigenvalue weighted by Crippen LogP contribution is 2.25. The number of hydrogen-bond acceptors (Lipinski definition) is 8. The van der Waals surface area contributed by atoms with Gasteiger partial charge in [-0.2, -0.15) is 0 Å². The van der Waals surface area contributed by atoms with E-state index in [4.69, 9.17) is 19.3 Å². The molecule has 1 aromatic carbocycles. The van der Waals surface area contributed by atoms with Gasteiger partial charge in [-0.05, 0) is 62.9 Å². The van der Waals surface area contributed by atoms with Crippen molar-refractivity contribution in [3.05, 3.63) is 59.7 Å². The van der Waals surface area contributed by atoms with Crippen molar-refractivity contribution in [2.24, 2.45) is 10.7 Å². The van der Waals surface area contributed by atoms with Crippen LogP contribution in [0.4, 0.5) is 4.79 Å². The maximum atomic E-state index is 11.6. The molecule has 0 spiro atoms. The number of ether oxygens (including phenoxy) is 1. The summed E-state index contributed by atoms with van der Waals surface area (Å²) in [5.41, 5.74) is 6.90. The van der Waals surface area contributed by atoms with Crippen LogP contribution in [0.2, 0.25) is 0 Å². The number of amidine groups is 1. The Morgan fingerprint density at radius 2 is 1.89 bits per heavy atom. The van der Waals surface area contributed by atoms with Gasteiger partial charge >= 0.3 is 0 Å². The van der Waals surface area contributed by atoms with Crippen LogP contribution in [0.3, 0.4) is 0 Å². The zero-order valence-corrected chi connectivity index (χ0v) is 23.1. The lowest BCUT2D eigenvalue weighted by molar-refractivity contribution is -0.119. The van der Waals surface area contributed by atoms with Crippen molar-refractivity contribution >= 4 is 34.7 Å². The van der Waals surface area contributed by atoms with E-state index in [1.165, 1.54) is 6.92 Å². The molecule has 0 aliphatic carbocycles. The van der Waals surface area contributed by atoms with E-state index in [1.807, 2.05) is 45.0 Å². The summed E-state index contributed by atoms with van der Waals surface area (Å²) in [7, 11) is 0. The van der Waals surface area contributed by atoms with E-state index in [2.05, 4.69) is 15.3 Å². The fraction of sp³-hybridized carbons (Fsp3) is 0.370. The molecule has 2 aromatic heterocycles. The number of carbonyl (C=O) groups excluding carboxylic acids is 3. The Labute approximate surface area is 226 Å². The zero-order valence-electron chi connectivity index (χ0n) is 22.3. The van der Waals surface area contributed by atoms with Gasteiger partial charge in [0.25, 0.3) is 11.1 Å². The van der Waals surface area contributed by atoms with Crippen molar-refractivity contribution in [1.82, 2.24) is 10.3 Å². The first-order valence-corrected chi connectivity index (χ1v) is 13.1. The maximum Gasteiger partial charge on any atom is 0.286 e. The number of aliphatic imine (C=N–C) groups is 1. The number of nitrogens with two attached hydrogens (primary N) is 1. The number of aromatic nitrogens is 1. The maximum absolute atomic E-state index is 11.6. The van der Waals surface area contributed by atoms with Crippen LogP contribution in [0.1, 0.15) is 57.6 Å². The number of oxazole rings is 1. The molecule has 11 heteroatoms. The summed E-state index contributed by atoms with van der Waals surface area (Å²) >= 11 is 1.08. The highest BCUT2D eigenvalue weighted by molar-refractivity contribution is 8.15. The molecule has 3 heterocycles. The van der Waals surface area contributed by atoms with E-state index in [1.54, 1.807) is 25.3 Å². The topological polar surface area (TPSA) is 150 Å². The Hall–Kier alpha value is -3.86. The lowest BCUT2D eigenvalue weighted by Gasteiger charge is -2.07. The first-order chi connectivity index (χ1) is 18.2. The van der Waals surface area contributed by atoms with Gasteiger partial charge in [0, 0.05) is 6.92 Å². The number of furan rings is 1. The van der Waals surface area contributed by atoms with Crippen molar-refractivity contribution in [3.63, 3.8) is 0 Å². The molecule has 3 aromatic rings. The van der Waals surface area contributed by atoms with Crippen LogP contribution >= 0.6 is 11.8 Å². The van der Waals surface area contributed by atoms with E-state index in [0.29, 0.717) is 36.3 Å². The first-order valence-electron chi connectivity index (χ1n) is 12.3. The first kappa shape index (κ1) is 30.4. The van der Waals surface area contributed by atoms with Crippen molar-refractivity contribution in [2.75, 3.05) is 0 Å². The van der Waals surface area contributed by atoms with Gasteiger partial charge in [-0.25, -0.2) is 9.98 Å². The number of benzene rings is 1. The number of amides is 3. The standard InChI is InChI=1S/C21H20N2O5S.C4H8N2O.C2H6/c1-13-16(22-20(28-13)17-5-3-11-26-17)12-27-15-9-7-14(8-10-15)4-2-6-18-19(24)23-21(25)29-18;1-3(5)6-4(2)7;1-2/h3,5,7-11,18H,2,4,6,12H2,1H3,(H,23,24,25);1-2H3,(H2,5,6,7);1-2H3. The normalized spacial score (nSPS) is 14.7. The quantitative estimate of drug-likeness (QED) is 0.280. The number of hydrogen-bond donors (Lipinski definition) is 2. The number of carbonyl (C=O) groups is 3. The zero-order chi connectivity index (χ0) is 28.1. The van der Waals surface area contributed by atoms with E-state index in [-0.39, 0.29) is 22.3 Å². The number of aryl methyl sites for hydroxylation is 2.